The van der Waals surface area contributed by atoms with Crippen LogP contribution in [0.5, 0.6) is 5.75 Å². The lowest BCUT2D eigenvalue weighted by atomic mass is 10.2. The van der Waals surface area contributed by atoms with Crippen molar-refractivity contribution >= 4 is 17.5 Å². The van der Waals surface area contributed by atoms with E-state index in [2.05, 4.69) is 5.32 Å². The van der Waals surface area contributed by atoms with E-state index in [1.807, 2.05) is 0 Å². The summed E-state index contributed by atoms with van der Waals surface area (Å²) in [6.07, 6.45) is -0.808. The average molecular weight is 302 g/mol. The number of primary amides is 1. The largest absolute Gasteiger partial charge is 0.481 e. The molecule has 2 amide bonds. The highest BCUT2D eigenvalue weighted by atomic mass is 19.1. The Bertz CT molecular complexity index is 686. The number of hydrogen-bond acceptors (Lipinski definition) is 3. The highest BCUT2D eigenvalue weighted by molar-refractivity contribution is 5.96. The molecule has 3 N–H and O–H groups in total. The molecule has 2 rings (SSSR count). The second kappa shape index (κ2) is 6.71. The third-order valence-electron chi connectivity index (χ3n) is 2.92. The standard InChI is InChI=1S/C16H15FN2O3/c1-10(22-14-4-2-3-12(17)9-14)16(21)19-13-7-5-11(6-8-13)15(18)20/h2-10H,1H3,(H2,18,20)(H,19,21). The second-order valence-corrected chi connectivity index (χ2v) is 4.65. The van der Waals surface area contributed by atoms with Crippen LogP contribution in [-0.4, -0.2) is 17.9 Å². The second-order valence-electron chi connectivity index (χ2n) is 4.65. The van der Waals surface area contributed by atoms with E-state index in [-0.39, 0.29) is 5.75 Å². The van der Waals surface area contributed by atoms with Gasteiger partial charge in [0.25, 0.3) is 5.91 Å². The van der Waals surface area contributed by atoms with Crippen LogP contribution < -0.4 is 15.8 Å². The number of hydrogen-bond donors (Lipinski definition) is 2. The van der Waals surface area contributed by atoms with Gasteiger partial charge in [-0.15, -0.1) is 0 Å². The zero-order valence-electron chi connectivity index (χ0n) is 11.9. The highest BCUT2D eigenvalue weighted by Gasteiger charge is 2.15. The van der Waals surface area contributed by atoms with E-state index >= 15 is 0 Å². The molecule has 0 saturated carbocycles. The highest BCUT2D eigenvalue weighted by Crippen LogP contribution is 2.15. The fourth-order valence-electron chi connectivity index (χ4n) is 1.76. The van der Waals surface area contributed by atoms with Crippen LogP contribution in [0.1, 0.15) is 17.3 Å². The minimum absolute atomic E-state index is 0.270. The zero-order valence-corrected chi connectivity index (χ0v) is 11.9. The van der Waals surface area contributed by atoms with Gasteiger partial charge in [0, 0.05) is 17.3 Å². The quantitative estimate of drug-likeness (QED) is 0.889. The van der Waals surface area contributed by atoms with Gasteiger partial charge < -0.3 is 15.8 Å². The number of nitrogens with one attached hydrogen (secondary N) is 1. The van der Waals surface area contributed by atoms with E-state index in [0.717, 1.165) is 0 Å². The molecule has 5 nitrogen and oxygen atoms in total. The molecular weight excluding hydrogens is 287 g/mol. The molecule has 2 aromatic carbocycles. The molecule has 2 aromatic rings. The number of nitrogens with two attached hydrogens (primary N) is 1. The van der Waals surface area contributed by atoms with Crippen molar-refractivity contribution in [3.63, 3.8) is 0 Å². The minimum atomic E-state index is -0.808. The van der Waals surface area contributed by atoms with Crippen molar-refractivity contribution < 1.29 is 18.7 Å². The van der Waals surface area contributed by atoms with Crippen molar-refractivity contribution in [1.29, 1.82) is 0 Å². The van der Waals surface area contributed by atoms with E-state index in [4.69, 9.17) is 10.5 Å². The molecule has 0 aromatic heterocycles. The van der Waals surface area contributed by atoms with Gasteiger partial charge in [0.1, 0.15) is 11.6 Å². The van der Waals surface area contributed by atoms with Crippen molar-refractivity contribution in [2.75, 3.05) is 5.32 Å². The number of benzene rings is 2. The Morgan fingerprint density at radius 3 is 2.45 bits per heavy atom. The van der Waals surface area contributed by atoms with Crippen molar-refractivity contribution in [2.24, 2.45) is 5.73 Å². The molecule has 0 aliphatic heterocycles. The summed E-state index contributed by atoms with van der Waals surface area (Å²) in [6, 6.07) is 11.7. The van der Waals surface area contributed by atoms with Gasteiger partial charge >= 0.3 is 0 Å². The van der Waals surface area contributed by atoms with Crippen LogP contribution in [0.2, 0.25) is 0 Å². The number of rotatable bonds is 5. The van der Waals surface area contributed by atoms with E-state index in [1.54, 1.807) is 25.1 Å². The van der Waals surface area contributed by atoms with E-state index in [1.165, 1.54) is 30.3 Å². The van der Waals surface area contributed by atoms with Crippen molar-refractivity contribution in [1.82, 2.24) is 0 Å². The first-order valence-electron chi connectivity index (χ1n) is 6.58. The monoisotopic (exact) mass is 302 g/mol. The molecule has 0 saturated heterocycles. The van der Waals surface area contributed by atoms with Crippen LogP contribution in [0.25, 0.3) is 0 Å². The third kappa shape index (κ3) is 4.05. The van der Waals surface area contributed by atoms with Gasteiger partial charge in [0.2, 0.25) is 5.91 Å². The van der Waals surface area contributed by atoms with Crippen molar-refractivity contribution in [3.8, 4) is 5.75 Å². The lowest BCUT2D eigenvalue weighted by molar-refractivity contribution is -0.122. The summed E-state index contributed by atoms with van der Waals surface area (Å²) in [5, 5.41) is 2.63. The minimum Gasteiger partial charge on any atom is -0.481 e. The van der Waals surface area contributed by atoms with Crippen LogP contribution in [-0.2, 0) is 4.79 Å². The number of halogens is 1. The van der Waals surface area contributed by atoms with Crippen LogP contribution in [0.4, 0.5) is 10.1 Å². The Balaban J connectivity index is 1.97. The average Bonchev–Trinajstić information content (AvgIpc) is 2.47. The smallest absolute Gasteiger partial charge is 0.265 e. The Kier molecular flexibility index (Phi) is 4.73. The number of carbonyl (C=O) groups is 2. The molecule has 1 atom stereocenters. The summed E-state index contributed by atoms with van der Waals surface area (Å²) in [5.74, 6) is -1.10. The Morgan fingerprint density at radius 1 is 1.18 bits per heavy atom. The number of amides is 2. The van der Waals surface area contributed by atoms with Crippen LogP contribution in [0.15, 0.2) is 48.5 Å². The fraction of sp³-hybridized carbons (Fsp3) is 0.125. The molecule has 0 spiro atoms. The molecule has 0 aliphatic rings. The summed E-state index contributed by atoms with van der Waals surface area (Å²) >= 11 is 0. The lowest BCUT2D eigenvalue weighted by Crippen LogP contribution is -2.30. The fourth-order valence-corrected chi connectivity index (χ4v) is 1.76. The van der Waals surface area contributed by atoms with E-state index in [0.29, 0.717) is 11.3 Å². The van der Waals surface area contributed by atoms with Gasteiger partial charge in [-0.05, 0) is 43.3 Å². The summed E-state index contributed by atoms with van der Waals surface area (Å²) in [6.45, 7) is 1.55. The molecule has 0 bridgehead atoms. The lowest BCUT2D eigenvalue weighted by Gasteiger charge is -2.14. The zero-order chi connectivity index (χ0) is 16.1. The van der Waals surface area contributed by atoms with Gasteiger partial charge in [0.15, 0.2) is 6.10 Å². The Labute approximate surface area is 126 Å². The predicted octanol–water partition coefficient (Wildman–Crippen LogP) is 2.33. The molecule has 0 aliphatic carbocycles. The third-order valence-corrected chi connectivity index (χ3v) is 2.92. The van der Waals surface area contributed by atoms with Gasteiger partial charge in [-0.1, -0.05) is 6.07 Å². The molecule has 0 fully saturated rings. The first-order chi connectivity index (χ1) is 10.5. The SMILES string of the molecule is CC(Oc1cccc(F)c1)C(=O)Nc1ccc(C(N)=O)cc1. The van der Waals surface area contributed by atoms with E-state index in [9.17, 15) is 14.0 Å². The molecular formula is C16H15FN2O3. The molecule has 1 unspecified atom stereocenters. The first kappa shape index (κ1) is 15.5. The molecule has 22 heavy (non-hydrogen) atoms. The first-order valence-corrected chi connectivity index (χ1v) is 6.58. The normalized spacial score (nSPS) is 11.5. The summed E-state index contributed by atoms with van der Waals surface area (Å²) < 4.78 is 18.4. The topological polar surface area (TPSA) is 81.4 Å². The summed E-state index contributed by atoms with van der Waals surface area (Å²) in [5.41, 5.74) is 5.99. The van der Waals surface area contributed by atoms with E-state index < -0.39 is 23.7 Å². The van der Waals surface area contributed by atoms with Gasteiger partial charge in [-0.3, -0.25) is 9.59 Å². The van der Waals surface area contributed by atoms with Gasteiger partial charge in [-0.2, -0.15) is 0 Å². The maximum Gasteiger partial charge on any atom is 0.265 e. The Hall–Kier alpha value is -2.89. The van der Waals surface area contributed by atoms with Crippen LogP contribution in [0, 0.1) is 5.82 Å². The number of anilines is 1. The molecule has 0 radical (unpaired) electrons. The number of carbonyl (C=O) groups excluding carboxylic acids is 2. The van der Waals surface area contributed by atoms with Crippen molar-refractivity contribution in [2.45, 2.75) is 13.0 Å². The molecule has 6 heteroatoms. The maximum atomic E-state index is 13.1. The van der Waals surface area contributed by atoms with Gasteiger partial charge in [0.05, 0.1) is 0 Å². The number of ether oxygens (including phenoxy) is 1. The molecule has 114 valence electrons. The van der Waals surface area contributed by atoms with Crippen molar-refractivity contribution in [3.05, 3.63) is 59.9 Å². The predicted molar refractivity (Wildman–Crippen MR) is 80.1 cm³/mol. The van der Waals surface area contributed by atoms with Crippen LogP contribution >= 0.6 is 0 Å². The van der Waals surface area contributed by atoms with Crippen LogP contribution in [0.3, 0.4) is 0 Å². The maximum absolute atomic E-state index is 13.1. The summed E-state index contributed by atoms with van der Waals surface area (Å²) in [7, 11) is 0. The Morgan fingerprint density at radius 2 is 1.86 bits per heavy atom. The van der Waals surface area contributed by atoms with Gasteiger partial charge in [-0.25, -0.2) is 4.39 Å². The molecule has 0 heterocycles. The summed E-state index contributed by atoms with van der Waals surface area (Å²) in [4.78, 5) is 23.0.